The zero-order chi connectivity index (χ0) is 69.9. The van der Waals surface area contributed by atoms with Gasteiger partial charge < -0.3 is 55.2 Å². The van der Waals surface area contributed by atoms with Gasteiger partial charge in [-0.2, -0.15) is 52.7 Å². The number of alkyl halides is 19. The van der Waals surface area contributed by atoms with Gasteiger partial charge in [-0.3, -0.25) is 23.9 Å². The number of halogens is 19. The first kappa shape index (κ1) is 91.1. The third-order valence-corrected chi connectivity index (χ3v) is 19.4. The fraction of sp³-hybridized carbons (Fsp3) is 0.837. The van der Waals surface area contributed by atoms with E-state index in [1.807, 2.05) is 0 Å². The molecule has 0 saturated heterocycles. The number of rotatable bonds is 44. The van der Waals surface area contributed by atoms with Crippen LogP contribution in [0.1, 0.15) is 97.3 Å². The van der Waals surface area contributed by atoms with Gasteiger partial charge >= 0.3 is 69.2 Å². The van der Waals surface area contributed by atoms with E-state index in [0.717, 1.165) is 0 Å². The third kappa shape index (κ3) is 30.4. The summed E-state index contributed by atoms with van der Waals surface area (Å²) < 4.78 is 300. The average molecular weight is 1390 g/mol. The number of hydrogen-bond donors (Lipinski definition) is 2. The quantitative estimate of drug-likeness (QED) is 0.0253. The second-order valence-electron chi connectivity index (χ2n) is 18.5. The molecule has 88 heavy (non-hydrogen) atoms. The molecule has 0 bridgehead atoms. The highest BCUT2D eigenvalue weighted by Gasteiger charge is 2.90. The SMILES string of the molecule is C=CCCC(=O)CC(CC)C(F)(F)CC(=O)NCC=C.CCC(CC(=O)CCCC[Si](OC)(OC)OC)C(F)(F)CC(=O)NCCC[Si](OC)(OC)OC.COC(F)(F)C(F)(F)C(F)(F)C(F)(F)C(F)(F)C(F)(F)CCOC(F)(F)F.CO[SiH](OC)OC. The number of ether oxygens (including phenoxy) is 2. The van der Waals surface area contributed by atoms with E-state index in [0.29, 0.717) is 37.8 Å². The number of nitrogens with one attached hydrogen (secondary N) is 2. The summed E-state index contributed by atoms with van der Waals surface area (Å²) in [6, 6.07) is 0.988. The first-order valence-corrected chi connectivity index (χ1v) is 31.5. The van der Waals surface area contributed by atoms with Crippen molar-refractivity contribution in [2.75, 3.05) is 90.8 Å². The summed E-state index contributed by atoms with van der Waals surface area (Å²) in [6.07, 6.45) is -11.8. The van der Waals surface area contributed by atoms with Gasteiger partial charge in [0.2, 0.25) is 11.8 Å². The molecule has 39 heteroatoms. The lowest BCUT2D eigenvalue weighted by Crippen LogP contribution is -2.70. The molecule has 2 atom stereocenters. The highest BCUT2D eigenvalue weighted by molar-refractivity contribution is 6.60. The maximum Gasteiger partial charge on any atom is 0.522 e. The Morgan fingerprint density at radius 1 is 0.511 bits per heavy atom. The van der Waals surface area contributed by atoms with Gasteiger partial charge in [-0.25, -0.2) is 17.6 Å². The average Bonchev–Trinajstić information content (AvgIpc) is 0.995. The summed E-state index contributed by atoms with van der Waals surface area (Å²) in [5.74, 6) is -47.8. The third-order valence-electron chi connectivity index (χ3n) is 12.6. The summed E-state index contributed by atoms with van der Waals surface area (Å²) in [4.78, 5) is 47.4. The highest BCUT2D eigenvalue weighted by atomic mass is 28.4. The summed E-state index contributed by atoms with van der Waals surface area (Å²) in [7, 11) is 6.17. The number of carbonyl (C=O) groups excluding carboxylic acids is 4. The highest BCUT2D eigenvalue weighted by Crippen LogP contribution is 2.60. The normalized spacial score (nSPS) is 13.9. The number of ketones is 2. The summed E-state index contributed by atoms with van der Waals surface area (Å²) in [5.41, 5.74) is 0. The lowest BCUT2D eigenvalue weighted by molar-refractivity contribution is -0.455. The van der Waals surface area contributed by atoms with Crippen molar-refractivity contribution in [3.63, 3.8) is 0 Å². The minimum Gasteiger partial charge on any atom is -0.379 e. The molecule has 17 nitrogen and oxygen atoms in total. The van der Waals surface area contributed by atoms with Crippen molar-refractivity contribution < 1.29 is 152 Å². The lowest BCUT2D eigenvalue weighted by Gasteiger charge is -2.40. The molecule has 0 aromatic heterocycles. The molecule has 0 aromatic carbocycles. The van der Waals surface area contributed by atoms with Gasteiger partial charge in [0, 0.05) is 140 Å². The minimum absolute atomic E-state index is 0.0999. The Morgan fingerprint density at radius 3 is 1.24 bits per heavy atom. The van der Waals surface area contributed by atoms with Crippen molar-refractivity contribution in [2.45, 2.75) is 163 Å². The van der Waals surface area contributed by atoms with Crippen LogP contribution in [0.2, 0.25) is 12.1 Å². The van der Waals surface area contributed by atoms with Gasteiger partial charge in [0.1, 0.15) is 11.6 Å². The van der Waals surface area contributed by atoms with E-state index in [1.165, 1.54) is 48.7 Å². The van der Waals surface area contributed by atoms with Gasteiger partial charge in [-0.05, 0) is 38.5 Å². The summed E-state index contributed by atoms with van der Waals surface area (Å²) in [6.45, 7) is 7.96. The number of allylic oxidation sites excluding steroid dienone is 1. The number of unbranched alkanes of at least 4 members (excludes halogenated alkanes) is 1. The van der Waals surface area contributed by atoms with Gasteiger partial charge in [-0.15, -0.1) is 26.3 Å². The molecule has 0 aliphatic rings. The Bertz CT molecular complexity index is 1980. The second-order valence-corrected chi connectivity index (χ2v) is 26.7. The van der Waals surface area contributed by atoms with Crippen molar-refractivity contribution >= 4 is 50.5 Å². The van der Waals surface area contributed by atoms with Crippen LogP contribution in [0.25, 0.3) is 0 Å². The molecule has 2 N–H and O–H groups in total. The zero-order valence-electron chi connectivity index (χ0n) is 50.8. The van der Waals surface area contributed by atoms with Crippen molar-refractivity contribution in [1.29, 1.82) is 0 Å². The molecule has 0 aromatic rings. The second kappa shape index (κ2) is 42.0. The van der Waals surface area contributed by atoms with Crippen molar-refractivity contribution in [3.8, 4) is 0 Å². The molecular formula is C49H83F19N2O15Si3. The fourth-order valence-electron chi connectivity index (χ4n) is 7.21. The molecule has 0 saturated carbocycles. The predicted octanol–water partition coefficient (Wildman–Crippen LogP) is 11.7. The zero-order valence-corrected chi connectivity index (χ0v) is 54.0. The maximum absolute atomic E-state index is 14.7. The molecule has 2 amide bonds. The lowest BCUT2D eigenvalue weighted by atomic mass is 9.89. The number of amides is 2. The monoisotopic (exact) mass is 1380 g/mol. The number of methoxy groups -OCH3 is 1. The van der Waals surface area contributed by atoms with Crippen molar-refractivity contribution in [3.05, 3.63) is 25.3 Å². The van der Waals surface area contributed by atoms with E-state index in [9.17, 15) is 103 Å². The Morgan fingerprint density at radius 2 is 0.898 bits per heavy atom. The Hall–Kier alpha value is -3.36. The van der Waals surface area contributed by atoms with Gasteiger partial charge in [0.25, 0.3) is 11.8 Å². The first-order valence-electron chi connectivity index (χ1n) is 26.2. The van der Waals surface area contributed by atoms with E-state index in [1.54, 1.807) is 41.3 Å². The molecule has 0 radical (unpaired) electrons. The minimum atomic E-state index is -7.87. The van der Waals surface area contributed by atoms with Crippen LogP contribution in [0.15, 0.2) is 25.3 Å². The van der Waals surface area contributed by atoms with Crippen LogP contribution in [-0.4, -0.2) is 195 Å². The molecule has 0 rings (SSSR count). The molecule has 0 heterocycles. The van der Waals surface area contributed by atoms with E-state index in [4.69, 9.17) is 39.8 Å². The van der Waals surface area contributed by atoms with Crippen LogP contribution in [-0.2, 0) is 68.5 Å². The smallest absolute Gasteiger partial charge is 0.379 e. The van der Waals surface area contributed by atoms with E-state index in [2.05, 4.69) is 33.3 Å². The van der Waals surface area contributed by atoms with Crippen LogP contribution in [0.4, 0.5) is 83.4 Å². The Balaban J connectivity index is -0.000000584. The molecule has 0 spiro atoms. The van der Waals surface area contributed by atoms with Gasteiger partial charge in [-0.1, -0.05) is 26.0 Å². The molecule has 0 fully saturated rings. The summed E-state index contributed by atoms with van der Waals surface area (Å²) in [5, 5.41) is 4.83. The molecule has 2 unspecified atom stereocenters. The van der Waals surface area contributed by atoms with E-state index >= 15 is 0 Å². The topological polar surface area (TPSA) is 194 Å². The number of Topliss-reactive ketones (excluding diaryl/α,β-unsaturated/α-hetero) is 2. The first-order chi connectivity index (χ1) is 40.3. The number of carbonyl (C=O) groups is 4. The largest absolute Gasteiger partial charge is 0.522 e. The van der Waals surface area contributed by atoms with E-state index < -0.39 is 138 Å². The standard InChI is InChI=1S/C21H43F2NO8Si2.C15H23F2NO2.C10H7F15O2.C3H10O3Si/c1-8-18(16-19(25)12-9-10-14-33(27-2,28-3)29-4)21(22,23)17-20(26)24-13-11-15-34(30-5,31-6)32-7;1-4-7-8-13(19)10-12(6-3)15(16,17)11-14(20)18-9-5-2;1-26-9(21,22)8(19,20)7(17,18)6(15,16)5(13,14)4(11,12)2-3-27-10(23,24)25;1-4-7(5-2)6-3/h18H,8-17H2,1-7H3,(H,24,26);4-5,12H,1-2,6-11H2,3H3,(H,18,20);2-3H2,1H3;7H,1-3H3. The Labute approximate surface area is 503 Å². The van der Waals surface area contributed by atoms with E-state index in [-0.39, 0.29) is 63.2 Å². The van der Waals surface area contributed by atoms with Gasteiger partial charge in [0.05, 0.1) is 19.4 Å². The molecular weight excluding hydrogens is 1300 g/mol. The Kier molecular flexibility index (Phi) is 43.4. The van der Waals surface area contributed by atoms with Crippen molar-refractivity contribution in [1.82, 2.24) is 10.6 Å². The summed E-state index contributed by atoms with van der Waals surface area (Å²) >= 11 is 0. The number of hydrogen-bond acceptors (Lipinski definition) is 15. The predicted molar refractivity (Wildman–Crippen MR) is 285 cm³/mol. The van der Waals surface area contributed by atoms with Crippen LogP contribution in [0, 0.1) is 11.8 Å². The van der Waals surface area contributed by atoms with Crippen molar-refractivity contribution in [2.24, 2.45) is 11.8 Å². The molecule has 0 aliphatic carbocycles. The van der Waals surface area contributed by atoms with Crippen LogP contribution < -0.4 is 10.6 Å². The van der Waals surface area contributed by atoms with Crippen LogP contribution in [0.5, 0.6) is 0 Å². The van der Waals surface area contributed by atoms with Gasteiger partial charge in [0.15, 0.2) is 0 Å². The maximum atomic E-state index is 14.7. The fourth-order valence-corrected chi connectivity index (χ4v) is 11.3. The van der Waals surface area contributed by atoms with Crippen LogP contribution >= 0.6 is 0 Å². The molecule has 524 valence electrons. The van der Waals surface area contributed by atoms with Crippen LogP contribution in [0.3, 0.4) is 0 Å². The molecule has 0 aliphatic heterocycles.